The minimum atomic E-state index is 0.275. The van der Waals surface area contributed by atoms with Crippen molar-refractivity contribution in [2.24, 2.45) is 10.9 Å². The third-order valence-corrected chi connectivity index (χ3v) is 6.89. The summed E-state index contributed by atoms with van der Waals surface area (Å²) in [5, 5.41) is 0. The number of piperidine rings is 1. The van der Waals surface area contributed by atoms with Gasteiger partial charge in [0.2, 0.25) is 5.91 Å². The molecule has 0 aliphatic carbocycles. The van der Waals surface area contributed by atoms with Gasteiger partial charge in [-0.1, -0.05) is 53.4 Å². The summed E-state index contributed by atoms with van der Waals surface area (Å²) in [6.45, 7) is 4.88. The fourth-order valence-corrected chi connectivity index (χ4v) is 5.27. The number of amides is 1. The van der Waals surface area contributed by atoms with Crippen LogP contribution >= 0.6 is 23.5 Å². The van der Waals surface area contributed by atoms with Crippen molar-refractivity contribution < 1.29 is 4.79 Å². The van der Waals surface area contributed by atoms with Crippen LogP contribution in [0.5, 0.6) is 0 Å². The summed E-state index contributed by atoms with van der Waals surface area (Å²) >= 11 is 3.80. The number of aliphatic imine (C=N–C) groups is 1. The van der Waals surface area contributed by atoms with E-state index in [0.29, 0.717) is 6.42 Å². The van der Waals surface area contributed by atoms with E-state index < -0.39 is 0 Å². The zero-order chi connectivity index (χ0) is 16.1. The summed E-state index contributed by atoms with van der Waals surface area (Å²) in [6.07, 6.45) is 2.80. The number of likely N-dealkylation sites (tertiary alicyclic amines) is 1. The van der Waals surface area contributed by atoms with Crippen LogP contribution in [-0.2, 0) is 11.2 Å². The van der Waals surface area contributed by atoms with Crippen molar-refractivity contribution in [3.8, 4) is 0 Å². The van der Waals surface area contributed by atoms with Crippen LogP contribution in [0.2, 0.25) is 0 Å². The van der Waals surface area contributed by atoms with Crippen molar-refractivity contribution in [2.75, 3.05) is 31.1 Å². The molecule has 124 valence electrons. The zero-order valence-corrected chi connectivity index (χ0v) is 15.3. The largest absolute Gasteiger partial charge is 0.342 e. The summed E-state index contributed by atoms with van der Waals surface area (Å²) in [4.78, 5) is 19.0. The lowest BCUT2D eigenvalue weighted by molar-refractivity contribution is -0.131. The van der Waals surface area contributed by atoms with Crippen LogP contribution in [0.4, 0.5) is 0 Å². The van der Waals surface area contributed by atoms with E-state index in [1.54, 1.807) is 0 Å². The van der Waals surface area contributed by atoms with E-state index >= 15 is 0 Å². The highest BCUT2D eigenvalue weighted by Gasteiger charge is 2.23. The maximum absolute atomic E-state index is 12.5. The van der Waals surface area contributed by atoms with Gasteiger partial charge in [-0.05, 0) is 31.2 Å². The van der Waals surface area contributed by atoms with Gasteiger partial charge in [0.15, 0.2) is 0 Å². The lowest BCUT2D eigenvalue weighted by Crippen LogP contribution is -2.39. The molecule has 0 saturated carbocycles. The number of hydrogen-bond donors (Lipinski definition) is 0. The van der Waals surface area contributed by atoms with Crippen LogP contribution in [0.15, 0.2) is 29.3 Å². The lowest BCUT2D eigenvalue weighted by atomic mass is 9.98. The number of thioether (sulfide) groups is 2. The van der Waals surface area contributed by atoms with Crippen molar-refractivity contribution in [3.63, 3.8) is 0 Å². The maximum atomic E-state index is 12.5. The normalized spacial score (nSPS) is 19.0. The highest BCUT2D eigenvalue weighted by molar-refractivity contribution is 8.39. The molecule has 0 bridgehead atoms. The quantitative estimate of drug-likeness (QED) is 0.833. The van der Waals surface area contributed by atoms with Gasteiger partial charge in [0, 0.05) is 24.6 Å². The molecule has 1 amide bonds. The molecule has 2 heterocycles. The maximum Gasteiger partial charge on any atom is 0.226 e. The third kappa shape index (κ3) is 5.01. The fraction of sp³-hybridized carbons (Fsp3) is 0.556. The van der Waals surface area contributed by atoms with E-state index in [2.05, 4.69) is 24.0 Å². The topological polar surface area (TPSA) is 32.7 Å². The van der Waals surface area contributed by atoms with Crippen molar-refractivity contribution in [3.05, 3.63) is 35.4 Å². The van der Waals surface area contributed by atoms with E-state index in [4.69, 9.17) is 0 Å². The van der Waals surface area contributed by atoms with E-state index in [1.807, 2.05) is 40.6 Å². The molecule has 1 aromatic carbocycles. The molecule has 3 nitrogen and oxygen atoms in total. The second-order valence-electron chi connectivity index (χ2n) is 6.30. The van der Waals surface area contributed by atoms with Crippen LogP contribution in [-0.4, -0.2) is 46.3 Å². The van der Waals surface area contributed by atoms with Gasteiger partial charge in [-0.3, -0.25) is 9.79 Å². The van der Waals surface area contributed by atoms with Crippen molar-refractivity contribution in [1.29, 1.82) is 0 Å². The average Bonchev–Trinajstić information content (AvgIpc) is 3.07. The Kier molecular flexibility index (Phi) is 6.06. The Morgan fingerprint density at radius 2 is 2.22 bits per heavy atom. The number of carbonyl (C=O) groups is 1. The molecule has 0 atom stereocenters. The van der Waals surface area contributed by atoms with Gasteiger partial charge < -0.3 is 4.90 Å². The molecule has 1 aromatic rings. The molecule has 0 radical (unpaired) electrons. The highest BCUT2D eigenvalue weighted by Crippen LogP contribution is 2.28. The smallest absolute Gasteiger partial charge is 0.226 e. The van der Waals surface area contributed by atoms with Gasteiger partial charge in [0.25, 0.3) is 0 Å². The molecule has 3 rings (SSSR count). The van der Waals surface area contributed by atoms with Crippen molar-refractivity contribution >= 4 is 33.8 Å². The predicted molar refractivity (Wildman–Crippen MR) is 101 cm³/mol. The van der Waals surface area contributed by atoms with Crippen molar-refractivity contribution in [2.45, 2.75) is 26.2 Å². The van der Waals surface area contributed by atoms with Gasteiger partial charge >= 0.3 is 0 Å². The Bertz CT molecular complexity index is 580. The van der Waals surface area contributed by atoms with Crippen LogP contribution in [0.25, 0.3) is 0 Å². The number of carbonyl (C=O) groups excluding carboxylic acids is 1. The number of rotatable bonds is 4. The van der Waals surface area contributed by atoms with Gasteiger partial charge in [-0.2, -0.15) is 0 Å². The number of benzene rings is 1. The third-order valence-electron chi connectivity index (χ3n) is 4.41. The second-order valence-corrected chi connectivity index (χ2v) is 8.65. The van der Waals surface area contributed by atoms with Crippen LogP contribution < -0.4 is 0 Å². The first-order valence-electron chi connectivity index (χ1n) is 8.34. The van der Waals surface area contributed by atoms with Crippen LogP contribution in [0.1, 0.15) is 24.0 Å². The second kappa shape index (κ2) is 8.25. The molecular weight excluding hydrogens is 324 g/mol. The first-order valence-corrected chi connectivity index (χ1v) is 10.3. The molecule has 1 saturated heterocycles. The Balaban J connectivity index is 1.42. The Morgan fingerprint density at radius 3 is 2.91 bits per heavy atom. The molecule has 2 aliphatic heterocycles. The van der Waals surface area contributed by atoms with E-state index in [-0.39, 0.29) is 5.91 Å². The predicted octanol–water partition coefficient (Wildman–Crippen LogP) is 3.61. The number of aryl methyl sites for hydroxylation is 1. The SMILES string of the molecule is Cc1cccc(CC(=O)N2CCC(CSC3=NCCS3)CC2)c1. The van der Waals surface area contributed by atoms with Gasteiger partial charge in [0.05, 0.1) is 13.0 Å². The molecule has 0 aromatic heterocycles. The monoisotopic (exact) mass is 348 g/mol. The summed E-state index contributed by atoms with van der Waals surface area (Å²) in [7, 11) is 0. The van der Waals surface area contributed by atoms with E-state index in [1.165, 1.54) is 9.94 Å². The Labute approximate surface area is 147 Å². The van der Waals surface area contributed by atoms with Crippen LogP contribution in [0.3, 0.4) is 0 Å². The molecule has 2 aliphatic rings. The van der Waals surface area contributed by atoms with Crippen LogP contribution in [0, 0.1) is 12.8 Å². The van der Waals surface area contributed by atoms with E-state index in [9.17, 15) is 4.79 Å². The first kappa shape index (κ1) is 16.9. The lowest BCUT2D eigenvalue weighted by Gasteiger charge is -2.32. The van der Waals surface area contributed by atoms with E-state index in [0.717, 1.165) is 55.5 Å². The Hall–Kier alpha value is -0.940. The Morgan fingerprint density at radius 1 is 1.39 bits per heavy atom. The molecule has 23 heavy (non-hydrogen) atoms. The zero-order valence-electron chi connectivity index (χ0n) is 13.7. The molecule has 0 unspecified atom stereocenters. The molecular formula is C18H24N2OS2. The fourth-order valence-electron chi connectivity index (χ4n) is 3.05. The first-order chi connectivity index (χ1) is 11.2. The molecule has 5 heteroatoms. The molecule has 0 spiro atoms. The van der Waals surface area contributed by atoms with Gasteiger partial charge in [-0.15, -0.1) is 0 Å². The highest BCUT2D eigenvalue weighted by atomic mass is 32.2. The minimum Gasteiger partial charge on any atom is -0.342 e. The summed E-state index contributed by atoms with van der Waals surface area (Å²) < 4.78 is 1.27. The van der Waals surface area contributed by atoms with Crippen molar-refractivity contribution in [1.82, 2.24) is 4.90 Å². The minimum absolute atomic E-state index is 0.275. The summed E-state index contributed by atoms with van der Waals surface area (Å²) in [5.74, 6) is 3.31. The molecule has 1 fully saturated rings. The molecule has 0 N–H and O–H groups in total. The number of hydrogen-bond acceptors (Lipinski definition) is 4. The standard InChI is InChI=1S/C18H24N2OS2/c1-14-3-2-4-16(11-14)12-17(21)20-8-5-15(6-9-20)13-23-18-19-7-10-22-18/h2-4,11,15H,5-10,12-13H2,1H3. The summed E-state index contributed by atoms with van der Waals surface area (Å²) in [5.41, 5.74) is 2.35. The summed E-state index contributed by atoms with van der Waals surface area (Å²) in [6, 6.07) is 8.27. The number of nitrogens with zero attached hydrogens (tertiary/aromatic N) is 2. The van der Waals surface area contributed by atoms with Gasteiger partial charge in [0.1, 0.15) is 4.38 Å². The van der Waals surface area contributed by atoms with Gasteiger partial charge in [-0.25, -0.2) is 0 Å². The average molecular weight is 349 g/mol.